The lowest BCUT2D eigenvalue weighted by molar-refractivity contribution is 0.628. The first-order chi connectivity index (χ1) is 10.8. The Kier molecular flexibility index (Phi) is 3.84. The van der Waals surface area contributed by atoms with Gasteiger partial charge in [-0.1, -0.05) is 5.92 Å². The molecule has 0 radical (unpaired) electrons. The van der Waals surface area contributed by atoms with Crippen LogP contribution in [0.25, 0.3) is 22.4 Å². The molecule has 2 aromatic heterocycles. The van der Waals surface area contributed by atoms with Gasteiger partial charge in [0.05, 0.1) is 12.1 Å². The summed E-state index contributed by atoms with van der Waals surface area (Å²) in [7, 11) is 0. The van der Waals surface area contributed by atoms with Gasteiger partial charge in [-0.25, -0.2) is 4.39 Å². The summed E-state index contributed by atoms with van der Waals surface area (Å²) >= 11 is 0. The molecule has 0 atom stereocenters. The van der Waals surface area contributed by atoms with Crippen molar-refractivity contribution in [3.63, 3.8) is 0 Å². The van der Waals surface area contributed by atoms with E-state index < -0.39 is 0 Å². The lowest BCUT2D eigenvalue weighted by atomic mass is 10.0. The topological polar surface area (TPSA) is 53.6 Å². The van der Waals surface area contributed by atoms with Crippen molar-refractivity contribution in [3.8, 4) is 34.7 Å². The van der Waals surface area contributed by atoms with Crippen molar-refractivity contribution in [2.24, 2.45) is 0 Å². The molecule has 0 aliphatic rings. The van der Waals surface area contributed by atoms with Crippen LogP contribution in [0, 0.1) is 18.2 Å². The number of rotatable bonds is 4. The van der Waals surface area contributed by atoms with E-state index in [1.807, 2.05) is 12.1 Å². The van der Waals surface area contributed by atoms with Crippen LogP contribution >= 0.6 is 0 Å². The molecule has 0 bridgehead atoms. The second-order valence-corrected chi connectivity index (χ2v) is 4.62. The molecule has 0 saturated heterocycles. The van der Waals surface area contributed by atoms with Crippen LogP contribution in [-0.2, 0) is 0 Å². The minimum atomic E-state index is -0.282. The third kappa shape index (κ3) is 2.67. The molecule has 3 aromatic rings. The first kappa shape index (κ1) is 13.8. The average Bonchev–Trinajstić information content (AvgIpc) is 2.98. The average molecular weight is 292 g/mol. The van der Waals surface area contributed by atoms with Gasteiger partial charge in [0.25, 0.3) is 0 Å². The van der Waals surface area contributed by atoms with Crippen molar-refractivity contribution in [3.05, 3.63) is 54.6 Å². The highest BCUT2D eigenvalue weighted by Gasteiger charge is 2.16. The van der Waals surface area contributed by atoms with Crippen molar-refractivity contribution in [1.82, 2.24) is 15.2 Å². The van der Waals surface area contributed by atoms with Gasteiger partial charge in [-0.05, 0) is 42.0 Å². The number of hydrogen-bond donors (Lipinski definition) is 2. The molecule has 22 heavy (non-hydrogen) atoms. The predicted molar refractivity (Wildman–Crippen MR) is 84.5 cm³/mol. The molecule has 1 aromatic carbocycles. The fourth-order valence-electron chi connectivity index (χ4n) is 2.23. The third-order valence-corrected chi connectivity index (χ3v) is 3.22. The highest BCUT2D eigenvalue weighted by atomic mass is 19.1. The quantitative estimate of drug-likeness (QED) is 0.725. The maximum atomic E-state index is 13.1. The molecule has 0 unspecified atom stereocenters. The molecular weight excluding hydrogens is 279 g/mol. The Morgan fingerprint density at radius 2 is 1.82 bits per heavy atom. The molecule has 5 heteroatoms. The number of aromatic nitrogens is 3. The minimum Gasteiger partial charge on any atom is -0.359 e. The molecule has 2 heterocycles. The van der Waals surface area contributed by atoms with E-state index in [0.717, 1.165) is 28.2 Å². The minimum absolute atomic E-state index is 0.282. The molecule has 0 saturated carbocycles. The van der Waals surface area contributed by atoms with Gasteiger partial charge in [-0.15, -0.1) is 6.42 Å². The van der Waals surface area contributed by atoms with Gasteiger partial charge >= 0.3 is 0 Å². The van der Waals surface area contributed by atoms with Crippen LogP contribution in [0.1, 0.15) is 0 Å². The first-order valence-electron chi connectivity index (χ1n) is 6.71. The van der Waals surface area contributed by atoms with Crippen LogP contribution in [0.5, 0.6) is 0 Å². The number of aromatic amines is 1. The first-order valence-corrected chi connectivity index (χ1v) is 6.71. The largest absolute Gasteiger partial charge is 0.359 e. The molecule has 0 spiro atoms. The zero-order valence-electron chi connectivity index (χ0n) is 11.7. The summed E-state index contributed by atoms with van der Waals surface area (Å²) in [5.74, 6) is 2.97. The van der Waals surface area contributed by atoms with E-state index in [9.17, 15) is 4.39 Å². The number of hydrogen-bond acceptors (Lipinski definition) is 3. The Bertz CT molecular complexity index is 801. The van der Waals surface area contributed by atoms with Crippen LogP contribution in [0.15, 0.2) is 48.8 Å². The maximum absolute atomic E-state index is 13.1. The van der Waals surface area contributed by atoms with E-state index in [4.69, 9.17) is 6.42 Å². The smallest absolute Gasteiger partial charge is 0.130 e. The lowest BCUT2D eigenvalue weighted by Crippen LogP contribution is -2.00. The number of pyridine rings is 1. The van der Waals surface area contributed by atoms with Gasteiger partial charge in [0.2, 0.25) is 0 Å². The third-order valence-electron chi connectivity index (χ3n) is 3.22. The van der Waals surface area contributed by atoms with E-state index in [1.165, 1.54) is 12.1 Å². The van der Waals surface area contributed by atoms with Gasteiger partial charge in [0.1, 0.15) is 17.3 Å². The van der Waals surface area contributed by atoms with Crippen LogP contribution in [-0.4, -0.2) is 21.7 Å². The Labute approximate surface area is 127 Å². The predicted octanol–water partition coefficient (Wildman–Crippen LogP) is 3.32. The van der Waals surface area contributed by atoms with Gasteiger partial charge in [-0.2, -0.15) is 5.10 Å². The second kappa shape index (κ2) is 6.10. The van der Waals surface area contributed by atoms with E-state index in [0.29, 0.717) is 6.54 Å². The molecule has 0 aliphatic carbocycles. The summed E-state index contributed by atoms with van der Waals surface area (Å²) in [6.07, 6.45) is 8.72. The van der Waals surface area contributed by atoms with Crippen LogP contribution in [0.3, 0.4) is 0 Å². The Balaban J connectivity index is 2.12. The van der Waals surface area contributed by atoms with E-state index in [2.05, 4.69) is 26.4 Å². The summed E-state index contributed by atoms with van der Waals surface area (Å²) in [5.41, 5.74) is 3.37. The number of halogens is 1. The van der Waals surface area contributed by atoms with E-state index in [-0.39, 0.29) is 5.82 Å². The Morgan fingerprint density at radius 3 is 2.50 bits per heavy atom. The molecular formula is C17H13FN4. The zero-order valence-corrected chi connectivity index (χ0v) is 11.7. The number of nitrogens with zero attached hydrogens (tertiary/aromatic N) is 2. The Hall–Kier alpha value is -3.13. The van der Waals surface area contributed by atoms with Crippen molar-refractivity contribution in [2.45, 2.75) is 0 Å². The highest BCUT2D eigenvalue weighted by Crippen LogP contribution is 2.35. The molecule has 2 N–H and O–H groups in total. The van der Waals surface area contributed by atoms with Crippen molar-refractivity contribution in [2.75, 3.05) is 11.9 Å². The molecule has 4 nitrogen and oxygen atoms in total. The van der Waals surface area contributed by atoms with E-state index in [1.54, 1.807) is 24.5 Å². The maximum Gasteiger partial charge on any atom is 0.130 e. The monoisotopic (exact) mass is 292 g/mol. The number of benzene rings is 1. The summed E-state index contributed by atoms with van der Waals surface area (Å²) in [6, 6.07) is 9.99. The fourth-order valence-corrected chi connectivity index (χ4v) is 2.23. The highest BCUT2D eigenvalue weighted by molar-refractivity contribution is 5.88. The molecule has 3 rings (SSSR count). The fraction of sp³-hybridized carbons (Fsp3) is 0.0588. The van der Waals surface area contributed by atoms with Gasteiger partial charge < -0.3 is 5.32 Å². The SMILES string of the molecule is C#CCNc1[nH]nc(-c2ccc(F)cc2)c1-c1ccncc1. The summed E-state index contributed by atoms with van der Waals surface area (Å²) < 4.78 is 13.1. The van der Waals surface area contributed by atoms with Crippen molar-refractivity contribution < 1.29 is 4.39 Å². The van der Waals surface area contributed by atoms with E-state index >= 15 is 0 Å². The van der Waals surface area contributed by atoms with Gasteiger partial charge in [0.15, 0.2) is 0 Å². The molecule has 0 amide bonds. The normalized spacial score (nSPS) is 10.2. The standard InChI is InChI=1S/C17H13FN4/c1-2-9-20-17-15(12-7-10-19-11-8-12)16(21-22-17)13-3-5-14(18)6-4-13/h1,3-8,10-11H,9H2,(H2,20,21,22). The lowest BCUT2D eigenvalue weighted by Gasteiger charge is -2.07. The van der Waals surface area contributed by atoms with Crippen molar-refractivity contribution in [1.29, 1.82) is 0 Å². The van der Waals surface area contributed by atoms with Crippen LogP contribution in [0.4, 0.5) is 10.2 Å². The van der Waals surface area contributed by atoms with Crippen molar-refractivity contribution >= 4 is 5.82 Å². The summed E-state index contributed by atoms with van der Waals surface area (Å²) in [4.78, 5) is 4.03. The molecule has 108 valence electrons. The number of nitrogens with one attached hydrogen (secondary N) is 2. The summed E-state index contributed by atoms with van der Waals surface area (Å²) in [5, 5.41) is 10.4. The van der Waals surface area contributed by atoms with Gasteiger partial charge in [-0.3, -0.25) is 10.1 Å². The number of anilines is 1. The molecule has 0 fully saturated rings. The number of H-pyrrole nitrogens is 1. The molecule has 0 aliphatic heterocycles. The second-order valence-electron chi connectivity index (χ2n) is 4.62. The van der Waals surface area contributed by atoms with Crippen LogP contribution in [0.2, 0.25) is 0 Å². The van der Waals surface area contributed by atoms with Crippen LogP contribution < -0.4 is 5.32 Å². The summed E-state index contributed by atoms with van der Waals surface area (Å²) in [6.45, 7) is 0.378. The zero-order chi connectivity index (χ0) is 15.4. The van der Waals surface area contributed by atoms with Gasteiger partial charge in [0, 0.05) is 18.0 Å². The Morgan fingerprint density at radius 1 is 1.09 bits per heavy atom. The number of terminal acetylenes is 1.